The zero-order valence-corrected chi connectivity index (χ0v) is 19.6. The Labute approximate surface area is 197 Å². The minimum absolute atomic E-state index is 0.168. The molecule has 1 atom stereocenters. The van der Waals surface area contributed by atoms with E-state index >= 15 is 0 Å². The van der Waals surface area contributed by atoms with Crippen LogP contribution >= 0.6 is 0 Å². The summed E-state index contributed by atoms with van der Waals surface area (Å²) in [4.78, 5) is 21.0. The normalized spacial score (nSPS) is 18.1. The minimum Gasteiger partial charge on any atom is -0.493 e. The van der Waals surface area contributed by atoms with Crippen molar-refractivity contribution in [2.75, 3.05) is 45.7 Å². The molecule has 0 unspecified atom stereocenters. The van der Waals surface area contributed by atoms with Gasteiger partial charge in [-0.2, -0.15) is 0 Å². The number of carbonyl (C=O) groups is 1. The molecule has 0 bridgehead atoms. The van der Waals surface area contributed by atoms with Crippen molar-refractivity contribution in [3.63, 3.8) is 0 Å². The predicted octanol–water partition coefficient (Wildman–Crippen LogP) is 2.47. The highest BCUT2D eigenvalue weighted by Gasteiger charge is 2.25. The quantitative estimate of drug-likeness (QED) is 0.596. The molecule has 1 aromatic carbocycles. The van der Waals surface area contributed by atoms with Crippen molar-refractivity contribution in [1.29, 1.82) is 0 Å². The maximum absolute atomic E-state index is 14.5. The smallest absolute Gasteiger partial charge is 0.236 e. The second kappa shape index (κ2) is 9.54. The van der Waals surface area contributed by atoms with Gasteiger partial charge in [-0.15, -0.1) is 10.2 Å². The summed E-state index contributed by atoms with van der Waals surface area (Å²) in [6.45, 7) is 2.80. The van der Waals surface area contributed by atoms with Crippen LogP contribution in [-0.2, 0) is 17.8 Å². The number of nitrogens with one attached hydrogen (secondary N) is 1. The van der Waals surface area contributed by atoms with Gasteiger partial charge in [0.05, 0.1) is 13.2 Å². The lowest BCUT2D eigenvalue weighted by Crippen LogP contribution is -2.38. The lowest BCUT2D eigenvalue weighted by atomic mass is 9.94. The van der Waals surface area contributed by atoms with Gasteiger partial charge in [-0.05, 0) is 51.4 Å². The summed E-state index contributed by atoms with van der Waals surface area (Å²) in [6.07, 6.45) is 6.94. The molecule has 0 radical (unpaired) electrons. The van der Waals surface area contributed by atoms with E-state index in [9.17, 15) is 9.18 Å². The second-order valence-corrected chi connectivity index (χ2v) is 9.26. The van der Waals surface area contributed by atoms with Gasteiger partial charge >= 0.3 is 0 Å². The highest BCUT2D eigenvalue weighted by atomic mass is 19.1. The maximum atomic E-state index is 14.5. The molecule has 2 aliphatic heterocycles. The van der Waals surface area contributed by atoms with Gasteiger partial charge in [-0.25, -0.2) is 9.37 Å². The highest BCUT2D eigenvalue weighted by molar-refractivity contribution is 5.78. The predicted molar refractivity (Wildman–Crippen MR) is 125 cm³/mol. The molecular formula is C24H30FN7O2. The van der Waals surface area contributed by atoms with Gasteiger partial charge in [0, 0.05) is 48.9 Å². The van der Waals surface area contributed by atoms with Crippen molar-refractivity contribution < 1.29 is 13.9 Å². The standard InChI is InChI=1S/C24H30FN7O2/c1-30(2)14-22(33)31-9-3-4-16(7-10-31)18-12-26-24(32-15-28-29-23(18)32)27-13-19-17-8-11-34-21(17)6-5-20(19)25/h5-6,12,15-16H,3-4,7-11,13-14H2,1-2H3,(H,26,27)/t16-/m1/s1. The fraction of sp³-hybridized carbons (Fsp3) is 0.500. The van der Waals surface area contributed by atoms with Crippen molar-refractivity contribution in [3.8, 4) is 5.75 Å². The summed E-state index contributed by atoms with van der Waals surface area (Å²) in [5.41, 5.74) is 3.30. The molecule has 2 aromatic heterocycles. The zero-order valence-electron chi connectivity index (χ0n) is 19.6. The summed E-state index contributed by atoms with van der Waals surface area (Å²) in [7, 11) is 3.82. The van der Waals surface area contributed by atoms with E-state index in [2.05, 4.69) is 20.5 Å². The Morgan fingerprint density at radius 3 is 3.03 bits per heavy atom. The Kier molecular flexibility index (Phi) is 6.32. The molecular weight excluding hydrogens is 437 g/mol. The number of hydrogen-bond acceptors (Lipinski definition) is 7. The average molecular weight is 468 g/mol. The van der Waals surface area contributed by atoms with Crippen LogP contribution in [0.25, 0.3) is 5.65 Å². The Morgan fingerprint density at radius 1 is 1.29 bits per heavy atom. The molecule has 1 saturated heterocycles. The van der Waals surface area contributed by atoms with Gasteiger partial charge in [0.15, 0.2) is 5.65 Å². The average Bonchev–Trinajstić information content (AvgIpc) is 3.42. The Morgan fingerprint density at radius 2 is 2.18 bits per heavy atom. The Hall–Kier alpha value is -3.27. The van der Waals surface area contributed by atoms with Crippen molar-refractivity contribution in [3.05, 3.63) is 47.2 Å². The first kappa shape index (κ1) is 22.5. The van der Waals surface area contributed by atoms with Crippen molar-refractivity contribution in [1.82, 2.24) is 29.4 Å². The Bertz CT molecular complexity index is 1200. The van der Waals surface area contributed by atoms with E-state index in [-0.39, 0.29) is 17.6 Å². The first-order valence-electron chi connectivity index (χ1n) is 11.8. The number of likely N-dealkylation sites (tertiary alicyclic amines) is 1. The molecule has 0 aliphatic carbocycles. The number of benzene rings is 1. The zero-order chi connectivity index (χ0) is 23.7. The number of hydrogen-bond donors (Lipinski definition) is 1. The van der Waals surface area contributed by atoms with E-state index in [4.69, 9.17) is 4.74 Å². The molecule has 0 spiro atoms. The molecule has 180 valence electrons. The summed E-state index contributed by atoms with van der Waals surface area (Å²) in [5, 5.41) is 11.7. The third-order valence-corrected chi connectivity index (χ3v) is 6.70. The van der Waals surface area contributed by atoms with E-state index in [0.717, 1.165) is 54.9 Å². The van der Waals surface area contributed by atoms with E-state index in [1.807, 2.05) is 34.5 Å². The van der Waals surface area contributed by atoms with Gasteiger partial charge in [0.25, 0.3) is 0 Å². The van der Waals surface area contributed by atoms with Crippen LogP contribution in [0.15, 0.2) is 24.7 Å². The highest BCUT2D eigenvalue weighted by Crippen LogP contribution is 2.32. The number of ether oxygens (including phenoxy) is 1. The molecule has 1 fully saturated rings. The number of likely N-dealkylation sites (N-methyl/N-ethyl adjacent to an activating group) is 1. The van der Waals surface area contributed by atoms with Crippen LogP contribution in [0, 0.1) is 5.82 Å². The van der Waals surface area contributed by atoms with E-state index in [1.54, 1.807) is 12.4 Å². The molecule has 34 heavy (non-hydrogen) atoms. The van der Waals surface area contributed by atoms with Gasteiger partial charge in [0.1, 0.15) is 17.9 Å². The lowest BCUT2D eigenvalue weighted by Gasteiger charge is -2.22. The number of fused-ring (bicyclic) bond motifs is 2. The molecule has 1 N–H and O–H groups in total. The molecule has 4 heterocycles. The molecule has 5 rings (SSSR count). The van der Waals surface area contributed by atoms with Gasteiger partial charge in [-0.3, -0.25) is 9.20 Å². The number of nitrogens with zero attached hydrogens (tertiary/aromatic N) is 6. The summed E-state index contributed by atoms with van der Waals surface area (Å²) in [6, 6.07) is 3.14. The second-order valence-electron chi connectivity index (χ2n) is 9.26. The topological polar surface area (TPSA) is 87.9 Å². The first-order chi connectivity index (χ1) is 16.5. The van der Waals surface area contributed by atoms with Gasteiger partial charge < -0.3 is 19.9 Å². The van der Waals surface area contributed by atoms with E-state index < -0.39 is 0 Å². The van der Waals surface area contributed by atoms with Gasteiger partial charge in [0.2, 0.25) is 11.9 Å². The largest absolute Gasteiger partial charge is 0.493 e. The summed E-state index contributed by atoms with van der Waals surface area (Å²) < 4.78 is 21.9. The number of halogens is 1. The SMILES string of the molecule is CN(C)CC(=O)N1CCC[C@@H](c2cnc(NCc3c(F)ccc4c3CCO4)n3cnnc23)CC1. The number of amides is 1. The van der Waals surface area contributed by atoms with Gasteiger partial charge in [-0.1, -0.05) is 0 Å². The number of rotatable bonds is 6. The fourth-order valence-electron chi connectivity index (χ4n) is 4.96. The molecule has 3 aromatic rings. The molecule has 2 aliphatic rings. The van der Waals surface area contributed by atoms with Crippen LogP contribution in [0.3, 0.4) is 0 Å². The minimum atomic E-state index is -0.250. The fourth-order valence-corrected chi connectivity index (χ4v) is 4.96. The van der Waals surface area contributed by atoms with Crippen LogP contribution in [0.4, 0.5) is 10.3 Å². The van der Waals surface area contributed by atoms with Crippen LogP contribution < -0.4 is 10.1 Å². The summed E-state index contributed by atoms with van der Waals surface area (Å²) >= 11 is 0. The van der Waals surface area contributed by atoms with Crippen LogP contribution in [0.1, 0.15) is 41.9 Å². The Balaban J connectivity index is 1.33. The van der Waals surface area contributed by atoms with Crippen molar-refractivity contribution in [2.24, 2.45) is 0 Å². The van der Waals surface area contributed by atoms with E-state index in [0.29, 0.717) is 37.6 Å². The molecule has 0 saturated carbocycles. The monoisotopic (exact) mass is 467 g/mol. The third kappa shape index (κ3) is 4.42. The first-order valence-corrected chi connectivity index (χ1v) is 11.8. The van der Waals surface area contributed by atoms with Crippen LogP contribution in [-0.4, -0.2) is 75.6 Å². The van der Waals surface area contributed by atoms with Crippen LogP contribution in [0.5, 0.6) is 5.75 Å². The molecule has 10 heteroatoms. The van der Waals surface area contributed by atoms with Crippen molar-refractivity contribution in [2.45, 2.75) is 38.1 Å². The van der Waals surface area contributed by atoms with E-state index in [1.165, 1.54) is 6.07 Å². The molecule has 9 nitrogen and oxygen atoms in total. The lowest BCUT2D eigenvalue weighted by molar-refractivity contribution is -0.131. The number of anilines is 1. The number of carbonyl (C=O) groups excluding carboxylic acids is 1. The molecule has 1 amide bonds. The van der Waals surface area contributed by atoms with Crippen molar-refractivity contribution >= 4 is 17.5 Å². The third-order valence-electron chi connectivity index (χ3n) is 6.70. The maximum Gasteiger partial charge on any atom is 0.236 e. The summed E-state index contributed by atoms with van der Waals surface area (Å²) in [5.74, 6) is 1.48. The van der Waals surface area contributed by atoms with Crippen LogP contribution in [0.2, 0.25) is 0 Å². The number of aromatic nitrogens is 4.